The van der Waals surface area contributed by atoms with Gasteiger partial charge in [0.25, 0.3) is 0 Å². The average molecular weight is 515 g/mol. The number of halogens is 1. The van der Waals surface area contributed by atoms with Gasteiger partial charge in [-0.1, -0.05) is 52.8 Å². The first-order valence-electron chi connectivity index (χ1n) is 10.1. The molecule has 32 heavy (non-hydrogen) atoms. The second kappa shape index (κ2) is 8.59. The van der Waals surface area contributed by atoms with Gasteiger partial charge in [-0.2, -0.15) is 4.98 Å². The molecule has 0 spiro atoms. The molecule has 1 amide bonds. The van der Waals surface area contributed by atoms with E-state index in [1.165, 1.54) is 18.7 Å². The van der Waals surface area contributed by atoms with Gasteiger partial charge in [0.1, 0.15) is 0 Å². The standard InChI is InChI=1S/C22H19BrN4O4S/c1-3-8-32-22-24-20-19(25-26-22)13-6-4-5-7-16(13)27(12(2)28)21(31-20)14-9-17-18(10-15(14)23)30-11-29-17/h4-7,9-10,21H,3,8,11H2,1-2H3. The van der Waals surface area contributed by atoms with Gasteiger partial charge in [-0.05, 0) is 24.6 Å². The Balaban J connectivity index is 1.70. The zero-order valence-corrected chi connectivity index (χ0v) is 19.8. The smallest absolute Gasteiger partial charge is 0.247 e. The summed E-state index contributed by atoms with van der Waals surface area (Å²) in [7, 11) is 0. The average Bonchev–Trinajstić information content (AvgIpc) is 3.18. The van der Waals surface area contributed by atoms with Crippen molar-refractivity contribution < 1.29 is 19.0 Å². The fourth-order valence-electron chi connectivity index (χ4n) is 3.63. The Morgan fingerprint density at radius 2 is 2.00 bits per heavy atom. The summed E-state index contributed by atoms with van der Waals surface area (Å²) < 4.78 is 18.2. The number of para-hydroxylation sites is 1. The number of thioether (sulfide) groups is 1. The molecule has 10 heteroatoms. The fraction of sp³-hybridized carbons (Fsp3) is 0.273. The molecule has 0 saturated heterocycles. The van der Waals surface area contributed by atoms with E-state index < -0.39 is 6.23 Å². The highest BCUT2D eigenvalue weighted by molar-refractivity contribution is 9.10. The van der Waals surface area contributed by atoms with Gasteiger partial charge < -0.3 is 14.2 Å². The molecule has 0 aliphatic carbocycles. The first-order valence-corrected chi connectivity index (χ1v) is 11.9. The SMILES string of the molecule is CCCSc1nnc2c(n1)OC(c1cc3c(cc1Br)OCO3)N(C(C)=O)c1ccccc1-2. The number of hydrogen-bond acceptors (Lipinski definition) is 8. The van der Waals surface area contributed by atoms with E-state index in [0.717, 1.165) is 22.2 Å². The van der Waals surface area contributed by atoms with Gasteiger partial charge in [0.05, 0.1) is 5.69 Å². The van der Waals surface area contributed by atoms with Gasteiger partial charge in [0, 0.05) is 28.3 Å². The number of carbonyl (C=O) groups is 1. The van der Waals surface area contributed by atoms with E-state index in [-0.39, 0.29) is 12.7 Å². The first kappa shape index (κ1) is 21.0. The summed E-state index contributed by atoms with van der Waals surface area (Å²) in [5, 5.41) is 9.23. The van der Waals surface area contributed by atoms with Crippen LogP contribution < -0.4 is 19.1 Å². The number of carbonyl (C=O) groups excluding carboxylic acids is 1. The molecule has 0 saturated carbocycles. The number of anilines is 1. The first-order chi connectivity index (χ1) is 15.6. The van der Waals surface area contributed by atoms with Crippen LogP contribution >= 0.6 is 27.7 Å². The Labute approximate surface area is 197 Å². The van der Waals surface area contributed by atoms with E-state index in [1.807, 2.05) is 36.4 Å². The lowest BCUT2D eigenvalue weighted by Gasteiger charge is -2.30. The summed E-state index contributed by atoms with van der Waals surface area (Å²) in [6.07, 6.45) is 0.180. The third-order valence-corrected chi connectivity index (χ3v) is 6.77. The number of aromatic nitrogens is 3. The summed E-state index contributed by atoms with van der Waals surface area (Å²) in [5.41, 5.74) is 2.59. The van der Waals surface area contributed by atoms with Crippen molar-refractivity contribution >= 4 is 39.3 Å². The molecular weight excluding hydrogens is 496 g/mol. The zero-order valence-electron chi connectivity index (χ0n) is 17.4. The number of amides is 1. The van der Waals surface area contributed by atoms with E-state index in [4.69, 9.17) is 14.2 Å². The monoisotopic (exact) mass is 514 g/mol. The predicted octanol–water partition coefficient (Wildman–Crippen LogP) is 4.98. The largest absolute Gasteiger partial charge is 0.454 e. The third kappa shape index (κ3) is 3.67. The number of hydrogen-bond donors (Lipinski definition) is 0. The van der Waals surface area contributed by atoms with E-state index in [1.54, 1.807) is 4.90 Å². The van der Waals surface area contributed by atoms with Crippen molar-refractivity contribution in [2.75, 3.05) is 17.4 Å². The maximum absolute atomic E-state index is 12.9. The van der Waals surface area contributed by atoms with Crippen molar-refractivity contribution in [1.29, 1.82) is 0 Å². The third-order valence-electron chi connectivity index (χ3n) is 5.04. The van der Waals surface area contributed by atoms with Crippen LogP contribution in [0.15, 0.2) is 46.0 Å². The predicted molar refractivity (Wildman–Crippen MR) is 123 cm³/mol. The molecule has 1 unspecified atom stereocenters. The van der Waals surface area contributed by atoms with Crippen LogP contribution in [-0.2, 0) is 4.79 Å². The highest BCUT2D eigenvalue weighted by atomic mass is 79.9. The van der Waals surface area contributed by atoms with Crippen molar-refractivity contribution in [1.82, 2.24) is 15.2 Å². The van der Waals surface area contributed by atoms with E-state index >= 15 is 0 Å². The van der Waals surface area contributed by atoms with Gasteiger partial charge in [-0.3, -0.25) is 9.69 Å². The molecule has 2 aliphatic rings. The Hall–Kier alpha value is -2.85. The molecule has 3 heterocycles. The molecule has 8 nitrogen and oxygen atoms in total. The lowest BCUT2D eigenvalue weighted by atomic mass is 10.1. The summed E-state index contributed by atoms with van der Waals surface area (Å²) in [5.74, 6) is 2.23. The molecule has 2 aromatic carbocycles. The van der Waals surface area contributed by atoms with Crippen LogP contribution in [-0.4, -0.2) is 33.6 Å². The second-order valence-electron chi connectivity index (χ2n) is 7.20. The van der Waals surface area contributed by atoms with E-state index in [9.17, 15) is 4.79 Å². The molecule has 0 fully saturated rings. The van der Waals surface area contributed by atoms with Crippen molar-refractivity contribution in [3.05, 3.63) is 46.4 Å². The molecule has 164 valence electrons. The van der Waals surface area contributed by atoms with Crippen LogP contribution in [0.25, 0.3) is 11.3 Å². The van der Waals surface area contributed by atoms with Crippen LogP contribution in [0.1, 0.15) is 32.1 Å². The quantitative estimate of drug-likeness (QED) is 0.450. The van der Waals surface area contributed by atoms with Crippen molar-refractivity contribution in [3.63, 3.8) is 0 Å². The number of ether oxygens (including phenoxy) is 3. The summed E-state index contributed by atoms with van der Waals surface area (Å²) in [6.45, 7) is 3.74. The lowest BCUT2D eigenvalue weighted by Crippen LogP contribution is -2.36. The van der Waals surface area contributed by atoms with E-state index in [2.05, 4.69) is 38.0 Å². The minimum absolute atomic E-state index is 0.147. The van der Waals surface area contributed by atoms with Gasteiger partial charge in [-0.25, -0.2) is 0 Å². The maximum Gasteiger partial charge on any atom is 0.247 e. The normalized spacial score (nSPS) is 16.1. The van der Waals surface area contributed by atoms with Gasteiger partial charge in [0.15, 0.2) is 17.2 Å². The lowest BCUT2D eigenvalue weighted by molar-refractivity contribution is -0.118. The minimum Gasteiger partial charge on any atom is -0.454 e. The van der Waals surface area contributed by atoms with Crippen LogP contribution in [0.4, 0.5) is 5.69 Å². The summed E-state index contributed by atoms with van der Waals surface area (Å²) in [6, 6.07) is 11.2. The number of fused-ring (bicyclic) bond motifs is 4. The number of rotatable bonds is 4. The highest BCUT2D eigenvalue weighted by Gasteiger charge is 2.36. The Morgan fingerprint density at radius 1 is 1.22 bits per heavy atom. The maximum atomic E-state index is 12.9. The van der Waals surface area contributed by atoms with Crippen LogP contribution in [0, 0.1) is 0 Å². The topological polar surface area (TPSA) is 86.7 Å². The zero-order chi connectivity index (χ0) is 22.2. The molecule has 5 rings (SSSR count). The number of benzene rings is 2. The fourth-order valence-corrected chi connectivity index (χ4v) is 4.78. The summed E-state index contributed by atoms with van der Waals surface area (Å²) >= 11 is 5.12. The molecule has 1 atom stereocenters. The molecule has 0 bridgehead atoms. The molecule has 2 aliphatic heterocycles. The Bertz CT molecular complexity index is 1210. The second-order valence-corrected chi connectivity index (χ2v) is 9.12. The van der Waals surface area contributed by atoms with Crippen LogP contribution in [0.2, 0.25) is 0 Å². The Morgan fingerprint density at radius 3 is 2.78 bits per heavy atom. The minimum atomic E-state index is -0.806. The van der Waals surface area contributed by atoms with Gasteiger partial charge >= 0.3 is 0 Å². The van der Waals surface area contributed by atoms with Crippen molar-refractivity contribution in [2.45, 2.75) is 31.7 Å². The van der Waals surface area contributed by atoms with Crippen LogP contribution in [0.5, 0.6) is 17.4 Å². The molecule has 0 N–H and O–H groups in total. The van der Waals surface area contributed by atoms with Crippen LogP contribution in [0.3, 0.4) is 0 Å². The molecule has 0 radical (unpaired) electrons. The number of nitrogens with zero attached hydrogens (tertiary/aromatic N) is 4. The van der Waals surface area contributed by atoms with E-state index in [0.29, 0.717) is 39.5 Å². The van der Waals surface area contributed by atoms with Gasteiger partial charge in [0.2, 0.25) is 30.0 Å². The highest BCUT2D eigenvalue weighted by Crippen LogP contribution is 2.46. The molecule has 1 aromatic heterocycles. The van der Waals surface area contributed by atoms with Crippen molar-refractivity contribution in [3.8, 4) is 28.6 Å². The van der Waals surface area contributed by atoms with Crippen molar-refractivity contribution in [2.24, 2.45) is 0 Å². The molecular formula is C22H19BrN4O4S. The Kier molecular flexibility index (Phi) is 5.64. The van der Waals surface area contributed by atoms with Gasteiger partial charge in [-0.15, -0.1) is 10.2 Å². The molecule has 3 aromatic rings. The summed E-state index contributed by atoms with van der Waals surface area (Å²) in [4.78, 5) is 19.2.